The summed E-state index contributed by atoms with van der Waals surface area (Å²) in [5, 5.41) is 9.37. The van der Waals surface area contributed by atoms with Crippen molar-refractivity contribution in [3.63, 3.8) is 0 Å². The number of nitrogens with one attached hydrogen (secondary N) is 2. The minimum absolute atomic E-state index is 0.166. The molecule has 5 rings (SSSR count). The van der Waals surface area contributed by atoms with Crippen molar-refractivity contribution in [1.82, 2.24) is 9.29 Å². The predicted octanol–water partition coefficient (Wildman–Crippen LogP) is 4.10. The van der Waals surface area contributed by atoms with Crippen LogP contribution in [0.2, 0.25) is 0 Å². The smallest absolute Gasteiger partial charge is 0.213 e. The van der Waals surface area contributed by atoms with Crippen LogP contribution in [0.5, 0.6) is 0 Å². The number of aromatic nitrogens is 1. The molecule has 3 aromatic rings. The highest BCUT2D eigenvalue weighted by molar-refractivity contribution is 7.89. The van der Waals surface area contributed by atoms with Crippen molar-refractivity contribution >= 4 is 32.2 Å². The van der Waals surface area contributed by atoms with E-state index in [0.29, 0.717) is 13.1 Å². The molecule has 0 aliphatic carbocycles. The van der Waals surface area contributed by atoms with Crippen molar-refractivity contribution in [1.29, 1.82) is 0 Å². The predicted molar refractivity (Wildman–Crippen MR) is 127 cm³/mol. The highest BCUT2D eigenvalue weighted by Gasteiger charge is 2.27. The number of nitrogens with zero attached hydrogens (tertiary/aromatic N) is 2. The SMILES string of the molecule is CCS(=O)(=O)N1CCC(Nc2cc(-c3ccc4c(c3)CCN4)cc3ccncc23)CC1. The van der Waals surface area contributed by atoms with Gasteiger partial charge in [0.2, 0.25) is 10.0 Å². The molecule has 2 aliphatic rings. The Morgan fingerprint density at radius 1 is 1.13 bits per heavy atom. The molecule has 2 aromatic carbocycles. The van der Waals surface area contributed by atoms with E-state index in [1.807, 2.05) is 12.4 Å². The molecule has 0 bridgehead atoms. The third kappa shape index (κ3) is 4.00. The minimum atomic E-state index is -3.11. The zero-order chi connectivity index (χ0) is 21.4. The molecule has 0 saturated carbocycles. The first-order chi connectivity index (χ1) is 15.0. The summed E-state index contributed by atoms with van der Waals surface area (Å²) in [6, 6.07) is 13.4. The van der Waals surface area contributed by atoms with E-state index < -0.39 is 10.0 Å². The number of hydrogen-bond acceptors (Lipinski definition) is 5. The Hall–Kier alpha value is -2.64. The normalized spacial score (nSPS) is 17.5. The summed E-state index contributed by atoms with van der Waals surface area (Å²) in [6.07, 6.45) is 6.40. The fourth-order valence-corrected chi connectivity index (χ4v) is 5.78. The molecule has 0 atom stereocenters. The number of anilines is 2. The number of fused-ring (bicyclic) bond motifs is 2. The Kier molecular flexibility index (Phi) is 5.32. The van der Waals surface area contributed by atoms with E-state index in [1.54, 1.807) is 11.2 Å². The van der Waals surface area contributed by atoms with Gasteiger partial charge in [-0.25, -0.2) is 12.7 Å². The van der Waals surface area contributed by atoms with Crippen molar-refractivity contribution in [2.24, 2.45) is 0 Å². The topological polar surface area (TPSA) is 74.3 Å². The fraction of sp³-hybridized carbons (Fsp3) is 0.375. The van der Waals surface area contributed by atoms with E-state index in [2.05, 4.69) is 52.0 Å². The molecular formula is C24H28N4O2S. The number of piperidine rings is 1. The first-order valence-corrected chi connectivity index (χ1v) is 12.6. The zero-order valence-electron chi connectivity index (χ0n) is 17.8. The second-order valence-electron chi connectivity index (χ2n) is 8.39. The third-order valence-corrected chi connectivity index (χ3v) is 8.36. The van der Waals surface area contributed by atoms with Crippen LogP contribution in [0.15, 0.2) is 48.8 Å². The molecule has 0 amide bonds. The summed E-state index contributed by atoms with van der Waals surface area (Å²) in [7, 11) is -3.11. The van der Waals surface area contributed by atoms with Crippen LogP contribution in [0.1, 0.15) is 25.3 Å². The standard InChI is InChI=1S/C24H28N4O2S/c1-2-31(29,30)28-11-7-21(8-12-28)27-24-15-20(14-18-5-9-25-16-22(18)24)17-3-4-23-19(13-17)6-10-26-23/h3-5,9,13-16,21,26-27H,2,6-8,10-12H2,1H3. The maximum atomic E-state index is 12.2. The molecule has 31 heavy (non-hydrogen) atoms. The number of pyridine rings is 1. The van der Waals surface area contributed by atoms with Crippen LogP contribution in [-0.4, -0.2) is 49.1 Å². The summed E-state index contributed by atoms with van der Waals surface area (Å²) in [5.74, 6) is 0.166. The van der Waals surface area contributed by atoms with Crippen LogP contribution < -0.4 is 10.6 Å². The number of sulfonamides is 1. The Labute approximate surface area is 183 Å². The molecule has 1 saturated heterocycles. The van der Waals surface area contributed by atoms with Gasteiger partial charge in [-0.2, -0.15) is 0 Å². The summed E-state index contributed by atoms with van der Waals surface area (Å²) < 4.78 is 26.0. The van der Waals surface area contributed by atoms with E-state index >= 15 is 0 Å². The van der Waals surface area contributed by atoms with Gasteiger partial charge in [-0.1, -0.05) is 6.07 Å². The lowest BCUT2D eigenvalue weighted by Crippen LogP contribution is -2.42. The maximum absolute atomic E-state index is 12.2. The number of hydrogen-bond donors (Lipinski definition) is 2. The third-order valence-electron chi connectivity index (χ3n) is 6.48. The van der Waals surface area contributed by atoms with Gasteiger partial charge in [-0.3, -0.25) is 4.98 Å². The summed E-state index contributed by atoms with van der Waals surface area (Å²) in [6.45, 7) is 3.85. The van der Waals surface area contributed by atoms with Crippen LogP contribution in [0.25, 0.3) is 21.9 Å². The summed E-state index contributed by atoms with van der Waals surface area (Å²) in [5.41, 5.74) is 6.07. The van der Waals surface area contributed by atoms with Crippen molar-refractivity contribution in [2.75, 3.05) is 36.0 Å². The molecule has 0 radical (unpaired) electrons. The Morgan fingerprint density at radius 2 is 1.97 bits per heavy atom. The molecule has 2 aliphatic heterocycles. The number of benzene rings is 2. The van der Waals surface area contributed by atoms with Gasteiger partial charge in [0.05, 0.1) is 5.75 Å². The molecule has 2 N–H and O–H groups in total. The molecule has 0 spiro atoms. The van der Waals surface area contributed by atoms with Gasteiger partial charge in [0.1, 0.15) is 0 Å². The molecule has 1 fully saturated rings. The largest absolute Gasteiger partial charge is 0.384 e. The average molecular weight is 437 g/mol. The number of rotatable bonds is 5. The van der Waals surface area contributed by atoms with Gasteiger partial charge < -0.3 is 10.6 Å². The minimum Gasteiger partial charge on any atom is -0.384 e. The first kappa shape index (κ1) is 20.3. The van der Waals surface area contributed by atoms with E-state index in [-0.39, 0.29) is 11.8 Å². The van der Waals surface area contributed by atoms with Crippen molar-refractivity contribution in [3.8, 4) is 11.1 Å². The van der Waals surface area contributed by atoms with Crippen LogP contribution in [0.4, 0.5) is 11.4 Å². The average Bonchev–Trinajstić information content (AvgIpc) is 3.27. The van der Waals surface area contributed by atoms with Crippen molar-refractivity contribution in [2.45, 2.75) is 32.2 Å². The monoisotopic (exact) mass is 436 g/mol. The van der Waals surface area contributed by atoms with Crippen LogP contribution in [0.3, 0.4) is 0 Å². The van der Waals surface area contributed by atoms with Gasteiger partial charge in [-0.15, -0.1) is 0 Å². The Morgan fingerprint density at radius 3 is 2.77 bits per heavy atom. The second kappa shape index (κ2) is 8.13. The summed E-state index contributed by atoms with van der Waals surface area (Å²) in [4.78, 5) is 4.34. The maximum Gasteiger partial charge on any atom is 0.213 e. The molecule has 1 aromatic heterocycles. The van der Waals surface area contributed by atoms with E-state index in [9.17, 15) is 8.42 Å². The van der Waals surface area contributed by atoms with Gasteiger partial charge in [0.15, 0.2) is 0 Å². The molecule has 7 heteroatoms. The van der Waals surface area contributed by atoms with Crippen molar-refractivity contribution < 1.29 is 8.42 Å². The van der Waals surface area contributed by atoms with E-state index in [0.717, 1.165) is 42.3 Å². The Bertz CT molecular complexity index is 1220. The quantitative estimate of drug-likeness (QED) is 0.630. The van der Waals surface area contributed by atoms with E-state index in [4.69, 9.17) is 0 Å². The second-order valence-corrected chi connectivity index (χ2v) is 10.6. The lowest BCUT2D eigenvalue weighted by atomic mass is 9.97. The summed E-state index contributed by atoms with van der Waals surface area (Å²) >= 11 is 0. The molecule has 3 heterocycles. The molecule has 6 nitrogen and oxygen atoms in total. The lowest BCUT2D eigenvalue weighted by Gasteiger charge is -2.32. The highest BCUT2D eigenvalue weighted by atomic mass is 32.2. The Balaban J connectivity index is 1.43. The van der Waals surface area contributed by atoms with Gasteiger partial charge in [0.25, 0.3) is 0 Å². The van der Waals surface area contributed by atoms with E-state index in [1.165, 1.54) is 22.4 Å². The van der Waals surface area contributed by atoms with Crippen molar-refractivity contribution in [3.05, 3.63) is 54.4 Å². The molecular weight excluding hydrogens is 408 g/mol. The van der Waals surface area contributed by atoms with Crippen LogP contribution >= 0.6 is 0 Å². The first-order valence-electron chi connectivity index (χ1n) is 11.0. The van der Waals surface area contributed by atoms with Crippen LogP contribution in [-0.2, 0) is 16.4 Å². The highest BCUT2D eigenvalue weighted by Crippen LogP contribution is 2.34. The van der Waals surface area contributed by atoms with Gasteiger partial charge >= 0.3 is 0 Å². The van der Waals surface area contributed by atoms with Crippen LogP contribution in [0, 0.1) is 0 Å². The van der Waals surface area contributed by atoms with Gasteiger partial charge in [0, 0.05) is 54.8 Å². The molecule has 162 valence electrons. The van der Waals surface area contributed by atoms with Gasteiger partial charge in [-0.05, 0) is 78.6 Å². The lowest BCUT2D eigenvalue weighted by molar-refractivity contribution is 0.330. The molecule has 0 unspecified atom stereocenters. The fourth-order valence-electron chi connectivity index (χ4n) is 4.65. The zero-order valence-corrected chi connectivity index (χ0v) is 18.6.